The molecule has 0 aromatic heterocycles. The van der Waals surface area contributed by atoms with Crippen molar-refractivity contribution in [1.29, 1.82) is 0 Å². The first kappa shape index (κ1) is 13.5. The summed E-state index contributed by atoms with van der Waals surface area (Å²) in [6.07, 6.45) is 4.34. The lowest BCUT2D eigenvalue weighted by molar-refractivity contribution is -0.130. The molecule has 3 heteroatoms. The summed E-state index contributed by atoms with van der Waals surface area (Å²) in [6.45, 7) is 5.07. The van der Waals surface area contributed by atoms with Gasteiger partial charge >= 0.3 is 0 Å². The van der Waals surface area contributed by atoms with Crippen molar-refractivity contribution in [3.63, 3.8) is 0 Å². The van der Waals surface area contributed by atoms with Gasteiger partial charge in [-0.15, -0.1) is 0 Å². The monoisotopic (exact) mass is 272 g/mol. The Balaban J connectivity index is 1.58. The number of nitrogens with zero attached hydrogens (tertiary/aromatic N) is 1. The van der Waals surface area contributed by atoms with Crippen LogP contribution in [0, 0.1) is 5.92 Å². The molecule has 0 aliphatic carbocycles. The standard InChI is InChI=1S/C17H24N2O/c1-2-5-13-8-9-19(12-13)17(20)10-14-11-18-16-7-4-3-6-15(14)16/h3-4,6-7,13-14,18H,2,5,8-12H2,1H3. The summed E-state index contributed by atoms with van der Waals surface area (Å²) in [7, 11) is 0. The number of carbonyl (C=O) groups is 1. The van der Waals surface area contributed by atoms with Crippen molar-refractivity contribution in [2.75, 3.05) is 25.0 Å². The first-order valence-electron chi connectivity index (χ1n) is 7.88. The highest BCUT2D eigenvalue weighted by Crippen LogP contribution is 2.34. The van der Waals surface area contributed by atoms with Crippen LogP contribution in [0.1, 0.15) is 44.1 Å². The Kier molecular flexibility index (Phi) is 3.95. The number of para-hydroxylation sites is 1. The SMILES string of the molecule is CCCC1CCN(C(=O)CC2CNc3ccccc32)C1. The minimum absolute atomic E-state index is 0.340. The predicted octanol–water partition coefficient (Wildman–Crippen LogP) is 3.23. The summed E-state index contributed by atoms with van der Waals surface area (Å²) < 4.78 is 0. The predicted molar refractivity (Wildman–Crippen MR) is 81.9 cm³/mol. The molecule has 2 aliphatic heterocycles. The van der Waals surface area contributed by atoms with E-state index in [-0.39, 0.29) is 0 Å². The molecule has 1 aromatic carbocycles. The van der Waals surface area contributed by atoms with E-state index < -0.39 is 0 Å². The Morgan fingerprint density at radius 1 is 1.40 bits per heavy atom. The second kappa shape index (κ2) is 5.86. The van der Waals surface area contributed by atoms with Gasteiger partial charge in [-0.2, -0.15) is 0 Å². The zero-order valence-electron chi connectivity index (χ0n) is 12.3. The van der Waals surface area contributed by atoms with E-state index in [1.54, 1.807) is 0 Å². The lowest BCUT2D eigenvalue weighted by Gasteiger charge is -2.19. The highest BCUT2D eigenvalue weighted by Gasteiger charge is 2.29. The molecule has 1 fully saturated rings. The molecule has 20 heavy (non-hydrogen) atoms. The van der Waals surface area contributed by atoms with Gasteiger partial charge < -0.3 is 10.2 Å². The molecule has 2 aliphatic rings. The summed E-state index contributed by atoms with van der Waals surface area (Å²) in [5.74, 6) is 1.42. The van der Waals surface area contributed by atoms with Gasteiger partial charge in [0.1, 0.15) is 0 Å². The van der Waals surface area contributed by atoms with E-state index in [2.05, 4.69) is 35.3 Å². The van der Waals surface area contributed by atoms with Crippen molar-refractivity contribution < 1.29 is 4.79 Å². The second-order valence-corrected chi connectivity index (χ2v) is 6.15. The molecule has 1 aromatic rings. The Morgan fingerprint density at radius 3 is 3.10 bits per heavy atom. The minimum atomic E-state index is 0.340. The summed E-state index contributed by atoms with van der Waals surface area (Å²) in [4.78, 5) is 14.5. The van der Waals surface area contributed by atoms with Crippen LogP contribution >= 0.6 is 0 Å². The quantitative estimate of drug-likeness (QED) is 0.912. The maximum atomic E-state index is 12.5. The third kappa shape index (κ3) is 2.67. The Bertz CT molecular complexity index is 486. The molecule has 2 atom stereocenters. The van der Waals surface area contributed by atoms with E-state index in [0.29, 0.717) is 18.2 Å². The van der Waals surface area contributed by atoms with Crippen LogP contribution in [-0.4, -0.2) is 30.4 Å². The van der Waals surface area contributed by atoms with Gasteiger partial charge in [0.2, 0.25) is 5.91 Å². The molecule has 108 valence electrons. The fourth-order valence-corrected chi connectivity index (χ4v) is 3.58. The van der Waals surface area contributed by atoms with E-state index in [1.807, 2.05) is 6.07 Å². The van der Waals surface area contributed by atoms with Gasteiger partial charge in [-0.1, -0.05) is 31.5 Å². The van der Waals surface area contributed by atoms with Gasteiger partial charge in [0.25, 0.3) is 0 Å². The van der Waals surface area contributed by atoms with Crippen LogP contribution in [0.2, 0.25) is 0 Å². The van der Waals surface area contributed by atoms with Gasteiger partial charge in [0.05, 0.1) is 0 Å². The summed E-state index contributed by atoms with van der Waals surface area (Å²) in [5, 5.41) is 3.40. The molecule has 0 radical (unpaired) electrons. The van der Waals surface area contributed by atoms with Crippen LogP contribution in [0.25, 0.3) is 0 Å². The molecule has 3 nitrogen and oxygen atoms in total. The lowest BCUT2D eigenvalue weighted by Crippen LogP contribution is -2.30. The van der Waals surface area contributed by atoms with Gasteiger partial charge in [-0.05, 0) is 30.4 Å². The van der Waals surface area contributed by atoms with Crippen molar-refractivity contribution >= 4 is 11.6 Å². The van der Waals surface area contributed by atoms with E-state index in [1.165, 1.54) is 30.5 Å². The van der Waals surface area contributed by atoms with Crippen LogP contribution in [0.3, 0.4) is 0 Å². The number of benzene rings is 1. The number of rotatable bonds is 4. The molecule has 2 unspecified atom stereocenters. The van der Waals surface area contributed by atoms with E-state index in [9.17, 15) is 4.79 Å². The van der Waals surface area contributed by atoms with Crippen LogP contribution in [0.15, 0.2) is 24.3 Å². The van der Waals surface area contributed by atoms with Gasteiger partial charge in [-0.25, -0.2) is 0 Å². The molecule has 3 rings (SSSR count). The van der Waals surface area contributed by atoms with Crippen LogP contribution in [0.5, 0.6) is 0 Å². The Morgan fingerprint density at radius 2 is 2.25 bits per heavy atom. The van der Waals surface area contributed by atoms with Crippen molar-refractivity contribution in [1.82, 2.24) is 4.90 Å². The summed E-state index contributed by atoms with van der Waals surface area (Å²) in [6, 6.07) is 8.37. The third-order valence-corrected chi connectivity index (χ3v) is 4.70. The third-order valence-electron chi connectivity index (χ3n) is 4.70. The molecule has 1 N–H and O–H groups in total. The highest BCUT2D eigenvalue weighted by molar-refractivity contribution is 5.78. The maximum absolute atomic E-state index is 12.5. The zero-order valence-corrected chi connectivity index (χ0v) is 12.3. The van der Waals surface area contributed by atoms with Crippen LogP contribution in [0.4, 0.5) is 5.69 Å². The molecule has 0 saturated carbocycles. The van der Waals surface area contributed by atoms with Gasteiger partial charge in [-0.3, -0.25) is 4.79 Å². The largest absolute Gasteiger partial charge is 0.384 e. The number of hydrogen-bond donors (Lipinski definition) is 1. The smallest absolute Gasteiger partial charge is 0.223 e. The Labute approximate surface area is 121 Å². The normalized spacial score (nSPS) is 24.6. The number of fused-ring (bicyclic) bond motifs is 1. The van der Waals surface area contributed by atoms with Crippen molar-refractivity contribution in [3.05, 3.63) is 29.8 Å². The fraction of sp³-hybridized carbons (Fsp3) is 0.588. The van der Waals surface area contributed by atoms with E-state index >= 15 is 0 Å². The first-order valence-corrected chi connectivity index (χ1v) is 7.88. The molecule has 1 amide bonds. The molecule has 0 bridgehead atoms. The number of hydrogen-bond acceptors (Lipinski definition) is 2. The molecule has 0 spiro atoms. The van der Waals surface area contributed by atoms with Crippen molar-refractivity contribution in [3.8, 4) is 0 Å². The zero-order chi connectivity index (χ0) is 13.9. The highest BCUT2D eigenvalue weighted by atomic mass is 16.2. The van der Waals surface area contributed by atoms with Crippen molar-refractivity contribution in [2.45, 2.75) is 38.5 Å². The maximum Gasteiger partial charge on any atom is 0.223 e. The van der Waals surface area contributed by atoms with Crippen LogP contribution in [-0.2, 0) is 4.79 Å². The number of nitrogens with one attached hydrogen (secondary N) is 1. The molecule has 2 heterocycles. The van der Waals surface area contributed by atoms with E-state index in [4.69, 9.17) is 0 Å². The number of likely N-dealkylation sites (tertiary alicyclic amines) is 1. The molecular weight excluding hydrogens is 248 g/mol. The van der Waals surface area contributed by atoms with E-state index in [0.717, 1.165) is 25.6 Å². The second-order valence-electron chi connectivity index (χ2n) is 6.15. The number of amides is 1. The number of carbonyl (C=O) groups excluding carboxylic acids is 1. The topological polar surface area (TPSA) is 32.3 Å². The average molecular weight is 272 g/mol. The van der Waals surface area contributed by atoms with Crippen LogP contribution < -0.4 is 5.32 Å². The van der Waals surface area contributed by atoms with Crippen molar-refractivity contribution in [2.24, 2.45) is 5.92 Å². The summed E-state index contributed by atoms with van der Waals surface area (Å²) in [5.41, 5.74) is 2.51. The molecular formula is C17H24N2O. The van der Waals surface area contributed by atoms with Gasteiger partial charge in [0, 0.05) is 37.7 Å². The average Bonchev–Trinajstić information content (AvgIpc) is 3.07. The number of anilines is 1. The molecule has 1 saturated heterocycles. The first-order chi connectivity index (χ1) is 9.78. The lowest BCUT2D eigenvalue weighted by atomic mass is 9.97. The van der Waals surface area contributed by atoms with Gasteiger partial charge in [0.15, 0.2) is 0 Å². The Hall–Kier alpha value is -1.51. The minimum Gasteiger partial charge on any atom is -0.384 e. The summed E-state index contributed by atoms with van der Waals surface area (Å²) >= 11 is 0. The fourth-order valence-electron chi connectivity index (χ4n) is 3.58.